The van der Waals surface area contributed by atoms with E-state index in [1.54, 1.807) is 13.8 Å². The maximum Gasteiger partial charge on any atom is 0.224 e. The second kappa shape index (κ2) is 4.53. The molecule has 3 atom stereocenters. The molecule has 17 heavy (non-hydrogen) atoms. The molecule has 0 bridgehead atoms. The lowest BCUT2D eigenvalue weighted by atomic mass is 10.1. The number of aliphatic hydroxyl groups excluding tert-OH is 1. The number of nitrogens with two attached hydrogens (primary N) is 1. The Kier molecular flexibility index (Phi) is 3.40. The van der Waals surface area contributed by atoms with Crippen molar-refractivity contribution in [1.29, 1.82) is 0 Å². The SMILES string of the molecule is CC1(C)O[C@H]([C@H](O)N2CCCC2=O)[C@H](CN)O1. The van der Waals surface area contributed by atoms with E-state index in [0.717, 1.165) is 6.42 Å². The normalized spacial score (nSPS) is 34.4. The lowest BCUT2D eigenvalue weighted by Gasteiger charge is -2.29. The molecule has 6 heteroatoms. The Morgan fingerprint density at radius 2 is 2.29 bits per heavy atom. The lowest BCUT2D eigenvalue weighted by molar-refractivity contribution is -0.173. The highest BCUT2D eigenvalue weighted by atomic mass is 16.8. The van der Waals surface area contributed by atoms with E-state index >= 15 is 0 Å². The number of amides is 1. The van der Waals surface area contributed by atoms with Crippen LogP contribution in [0.15, 0.2) is 0 Å². The molecule has 2 aliphatic heterocycles. The molecule has 2 heterocycles. The van der Waals surface area contributed by atoms with Crippen molar-refractivity contribution in [3.63, 3.8) is 0 Å². The van der Waals surface area contributed by atoms with Gasteiger partial charge in [0.1, 0.15) is 12.2 Å². The van der Waals surface area contributed by atoms with Crippen LogP contribution < -0.4 is 5.73 Å². The number of hydrogen-bond donors (Lipinski definition) is 2. The Morgan fingerprint density at radius 1 is 1.59 bits per heavy atom. The van der Waals surface area contributed by atoms with E-state index in [2.05, 4.69) is 0 Å². The van der Waals surface area contributed by atoms with Gasteiger partial charge in [-0.25, -0.2) is 0 Å². The van der Waals surface area contributed by atoms with E-state index in [-0.39, 0.29) is 18.6 Å². The molecule has 0 aliphatic carbocycles. The number of ether oxygens (including phenoxy) is 2. The van der Waals surface area contributed by atoms with Crippen LogP contribution in [0, 0.1) is 0 Å². The van der Waals surface area contributed by atoms with Gasteiger partial charge in [-0.2, -0.15) is 0 Å². The average Bonchev–Trinajstić information content (AvgIpc) is 2.80. The minimum atomic E-state index is -0.972. The van der Waals surface area contributed by atoms with Gasteiger partial charge in [0.25, 0.3) is 0 Å². The first-order valence-electron chi connectivity index (χ1n) is 5.98. The molecule has 1 amide bonds. The molecular formula is C11H20N2O4. The van der Waals surface area contributed by atoms with E-state index in [9.17, 15) is 9.90 Å². The van der Waals surface area contributed by atoms with Crippen molar-refractivity contribution < 1.29 is 19.4 Å². The molecule has 2 rings (SSSR count). The summed E-state index contributed by atoms with van der Waals surface area (Å²) in [6.07, 6.45) is -0.660. The van der Waals surface area contributed by atoms with Crippen LogP contribution in [0.3, 0.4) is 0 Å². The second-order valence-corrected chi connectivity index (χ2v) is 4.98. The summed E-state index contributed by atoms with van der Waals surface area (Å²) in [5.74, 6) is -0.806. The lowest BCUT2D eigenvalue weighted by Crippen LogP contribution is -2.50. The summed E-state index contributed by atoms with van der Waals surface area (Å²) in [5.41, 5.74) is 5.60. The number of rotatable bonds is 3. The Hall–Kier alpha value is -0.690. The Morgan fingerprint density at radius 3 is 2.82 bits per heavy atom. The summed E-state index contributed by atoms with van der Waals surface area (Å²) in [6.45, 7) is 4.37. The average molecular weight is 244 g/mol. The van der Waals surface area contributed by atoms with Gasteiger partial charge in [0.15, 0.2) is 12.0 Å². The van der Waals surface area contributed by atoms with Gasteiger partial charge in [0, 0.05) is 19.5 Å². The third kappa shape index (κ3) is 2.44. The van der Waals surface area contributed by atoms with E-state index in [1.165, 1.54) is 4.90 Å². The maximum atomic E-state index is 11.6. The maximum absolute atomic E-state index is 11.6. The quantitative estimate of drug-likeness (QED) is 0.693. The van der Waals surface area contributed by atoms with Gasteiger partial charge < -0.3 is 25.2 Å². The van der Waals surface area contributed by atoms with Crippen LogP contribution in [0.25, 0.3) is 0 Å². The third-order valence-electron chi connectivity index (χ3n) is 3.18. The molecule has 6 nitrogen and oxygen atoms in total. The first-order valence-corrected chi connectivity index (χ1v) is 5.98. The van der Waals surface area contributed by atoms with Crippen LogP contribution in [0.5, 0.6) is 0 Å². The Balaban J connectivity index is 2.08. The standard InChI is InChI=1S/C11H20N2O4/c1-11(2)16-7(6-12)9(17-11)10(15)13-5-3-4-8(13)14/h7,9-10,15H,3-6,12H2,1-2H3/t7-,9-,10-/m0/s1. The molecule has 0 radical (unpaired) electrons. The van der Waals surface area contributed by atoms with E-state index < -0.39 is 18.1 Å². The van der Waals surface area contributed by atoms with Gasteiger partial charge >= 0.3 is 0 Å². The summed E-state index contributed by atoms with van der Waals surface area (Å²) in [5, 5.41) is 10.2. The molecule has 3 N–H and O–H groups in total. The van der Waals surface area contributed by atoms with Crippen LogP contribution in [0.4, 0.5) is 0 Å². The van der Waals surface area contributed by atoms with Crippen molar-refractivity contribution in [2.75, 3.05) is 13.1 Å². The van der Waals surface area contributed by atoms with Crippen molar-refractivity contribution in [1.82, 2.24) is 4.90 Å². The second-order valence-electron chi connectivity index (χ2n) is 4.98. The Bertz CT molecular complexity index is 308. The smallest absolute Gasteiger partial charge is 0.224 e. The van der Waals surface area contributed by atoms with Gasteiger partial charge in [0.05, 0.1) is 0 Å². The topological polar surface area (TPSA) is 85.0 Å². The van der Waals surface area contributed by atoms with E-state index in [0.29, 0.717) is 13.0 Å². The molecule has 0 aromatic rings. The molecule has 0 aromatic carbocycles. The van der Waals surface area contributed by atoms with Crippen molar-refractivity contribution in [3.05, 3.63) is 0 Å². The number of carbonyl (C=O) groups is 1. The first kappa shape index (κ1) is 12.8. The van der Waals surface area contributed by atoms with Crippen LogP contribution >= 0.6 is 0 Å². The van der Waals surface area contributed by atoms with Crippen molar-refractivity contribution in [3.8, 4) is 0 Å². The van der Waals surface area contributed by atoms with Gasteiger partial charge in [-0.15, -0.1) is 0 Å². The van der Waals surface area contributed by atoms with Crippen LogP contribution in [0.2, 0.25) is 0 Å². The molecule has 2 fully saturated rings. The fraction of sp³-hybridized carbons (Fsp3) is 0.909. The van der Waals surface area contributed by atoms with Gasteiger partial charge in [-0.3, -0.25) is 4.79 Å². The van der Waals surface area contributed by atoms with E-state index in [1.807, 2.05) is 0 Å². The molecule has 2 saturated heterocycles. The van der Waals surface area contributed by atoms with E-state index in [4.69, 9.17) is 15.2 Å². The predicted molar refractivity (Wildman–Crippen MR) is 59.8 cm³/mol. The fourth-order valence-electron chi connectivity index (χ4n) is 2.42. The molecule has 0 unspecified atom stereocenters. The number of aliphatic hydroxyl groups is 1. The van der Waals surface area contributed by atoms with Crippen molar-refractivity contribution in [2.45, 2.75) is 50.9 Å². The summed E-state index contributed by atoms with van der Waals surface area (Å²) >= 11 is 0. The molecule has 0 spiro atoms. The molecule has 98 valence electrons. The summed E-state index contributed by atoms with van der Waals surface area (Å²) in [6, 6.07) is 0. The summed E-state index contributed by atoms with van der Waals surface area (Å²) in [4.78, 5) is 13.0. The Labute approximate surface area is 101 Å². The number of nitrogens with zero attached hydrogens (tertiary/aromatic N) is 1. The molecular weight excluding hydrogens is 224 g/mol. The third-order valence-corrected chi connectivity index (χ3v) is 3.18. The highest BCUT2D eigenvalue weighted by Gasteiger charge is 2.47. The molecule has 0 aromatic heterocycles. The minimum absolute atomic E-state index is 0.0402. The zero-order chi connectivity index (χ0) is 12.6. The number of carbonyl (C=O) groups excluding carboxylic acids is 1. The number of likely N-dealkylation sites (tertiary alicyclic amines) is 1. The van der Waals surface area contributed by atoms with Gasteiger partial charge in [-0.1, -0.05) is 0 Å². The van der Waals surface area contributed by atoms with Gasteiger partial charge in [0.2, 0.25) is 5.91 Å². The minimum Gasteiger partial charge on any atom is -0.371 e. The monoisotopic (exact) mass is 244 g/mol. The molecule has 0 saturated carbocycles. The highest BCUT2D eigenvalue weighted by molar-refractivity contribution is 5.78. The van der Waals surface area contributed by atoms with Crippen LogP contribution in [0.1, 0.15) is 26.7 Å². The summed E-state index contributed by atoms with van der Waals surface area (Å²) < 4.78 is 11.2. The zero-order valence-electron chi connectivity index (χ0n) is 10.3. The largest absolute Gasteiger partial charge is 0.371 e. The van der Waals surface area contributed by atoms with Crippen molar-refractivity contribution in [2.24, 2.45) is 5.73 Å². The fourth-order valence-corrected chi connectivity index (χ4v) is 2.42. The van der Waals surface area contributed by atoms with Crippen LogP contribution in [-0.4, -0.2) is 53.2 Å². The summed E-state index contributed by atoms with van der Waals surface area (Å²) in [7, 11) is 0. The first-order chi connectivity index (χ1) is 7.94. The zero-order valence-corrected chi connectivity index (χ0v) is 10.3. The van der Waals surface area contributed by atoms with Gasteiger partial charge in [-0.05, 0) is 20.3 Å². The highest BCUT2D eigenvalue weighted by Crippen LogP contribution is 2.31. The van der Waals surface area contributed by atoms with Crippen LogP contribution in [-0.2, 0) is 14.3 Å². The number of hydrogen-bond acceptors (Lipinski definition) is 5. The predicted octanol–water partition coefficient (Wildman–Crippen LogP) is -0.594. The van der Waals surface area contributed by atoms with Crippen molar-refractivity contribution >= 4 is 5.91 Å². The molecule has 2 aliphatic rings.